The van der Waals surface area contributed by atoms with Crippen molar-refractivity contribution in [2.24, 2.45) is 0 Å². The van der Waals surface area contributed by atoms with Gasteiger partial charge in [-0.25, -0.2) is 13.8 Å². The number of hydrogen-bond acceptors (Lipinski definition) is 5. The van der Waals surface area contributed by atoms with Crippen molar-refractivity contribution >= 4 is 11.7 Å². The third kappa shape index (κ3) is 6.28. The number of nitrogens with zero attached hydrogens (tertiary/aromatic N) is 3. The summed E-state index contributed by atoms with van der Waals surface area (Å²) in [5, 5.41) is 6.39. The normalized spacial score (nSPS) is 18.7. The number of rotatable bonds is 9. The molecule has 2 aromatic carbocycles. The number of fused-ring (bicyclic) bond motifs is 1. The molecule has 0 radical (unpaired) electrons. The Hall–Kier alpha value is -3.14. The summed E-state index contributed by atoms with van der Waals surface area (Å²) in [6.07, 6.45) is 6.75. The zero-order valence-electron chi connectivity index (χ0n) is 21.8. The summed E-state index contributed by atoms with van der Waals surface area (Å²) in [5.74, 6) is -0.736. The summed E-state index contributed by atoms with van der Waals surface area (Å²) in [5.41, 5.74) is 3.46. The number of aromatic nitrogens is 2. The van der Waals surface area contributed by atoms with Crippen LogP contribution in [0.25, 0.3) is 5.69 Å². The van der Waals surface area contributed by atoms with Gasteiger partial charge in [0.2, 0.25) is 5.91 Å². The van der Waals surface area contributed by atoms with Gasteiger partial charge in [-0.1, -0.05) is 31.5 Å². The Morgan fingerprint density at radius 1 is 1.21 bits per heavy atom. The number of halogens is 2. The highest BCUT2D eigenvalue weighted by atomic mass is 19.1. The average molecular weight is 524 g/mol. The maximum Gasteiger partial charge on any atom is 0.242 e. The molecule has 2 heterocycles. The number of anilines is 1. The van der Waals surface area contributed by atoms with E-state index < -0.39 is 17.7 Å². The van der Waals surface area contributed by atoms with Gasteiger partial charge in [0.05, 0.1) is 31.1 Å². The molecule has 2 aliphatic rings. The summed E-state index contributed by atoms with van der Waals surface area (Å²) in [6, 6.07) is 10.1. The van der Waals surface area contributed by atoms with E-state index in [1.165, 1.54) is 11.6 Å². The van der Waals surface area contributed by atoms with Gasteiger partial charge in [-0.15, -0.1) is 0 Å². The van der Waals surface area contributed by atoms with Crippen molar-refractivity contribution in [2.75, 3.05) is 31.6 Å². The molecule has 1 aromatic heterocycles. The van der Waals surface area contributed by atoms with E-state index >= 15 is 0 Å². The quantitative estimate of drug-likeness (QED) is 0.439. The van der Waals surface area contributed by atoms with Crippen LogP contribution in [-0.4, -0.2) is 58.7 Å². The summed E-state index contributed by atoms with van der Waals surface area (Å²) in [4.78, 5) is 20.1. The van der Waals surface area contributed by atoms with Crippen LogP contribution in [0.3, 0.4) is 0 Å². The van der Waals surface area contributed by atoms with Gasteiger partial charge in [-0.05, 0) is 54.5 Å². The Morgan fingerprint density at radius 3 is 2.84 bits per heavy atom. The van der Waals surface area contributed by atoms with Crippen LogP contribution < -0.4 is 10.6 Å². The molecule has 1 aliphatic heterocycles. The van der Waals surface area contributed by atoms with Crippen molar-refractivity contribution in [1.29, 1.82) is 0 Å². The Morgan fingerprint density at radius 2 is 2.03 bits per heavy atom. The van der Waals surface area contributed by atoms with E-state index in [9.17, 15) is 13.6 Å². The molecule has 2 N–H and O–H groups in total. The molecule has 1 amide bonds. The molecule has 202 valence electrons. The number of nitrogens with one attached hydrogen (secondary N) is 2. The van der Waals surface area contributed by atoms with Crippen molar-refractivity contribution in [2.45, 2.75) is 57.7 Å². The van der Waals surface area contributed by atoms with Gasteiger partial charge in [0.15, 0.2) is 5.82 Å². The third-order valence-electron chi connectivity index (χ3n) is 7.40. The molecule has 5 rings (SSSR count). The highest BCUT2D eigenvalue weighted by Gasteiger charge is 2.27. The van der Waals surface area contributed by atoms with Crippen molar-refractivity contribution in [3.63, 3.8) is 0 Å². The van der Waals surface area contributed by atoms with Crippen LogP contribution in [0.2, 0.25) is 0 Å². The van der Waals surface area contributed by atoms with Crippen LogP contribution in [0.5, 0.6) is 0 Å². The van der Waals surface area contributed by atoms with Gasteiger partial charge in [0.1, 0.15) is 18.0 Å². The SMILES string of the molecule is CCC[C@H](N[C@H]1CCc2cc(F)cc(F)c2C1)C(=O)Nc1cn(-c2ccccc2CN2CCOCC2)cn1. The minimum Gasteiger partial charge on any atom is -0.379 e. The lowest BCUT2D eigenvalue weighted by molar-refractivity contribution is -0.118. The third-order valence-corrected chi connectivity index (χ3v) is 7.40. The van der Waals surface area contributed by atoms with Gasteiger partial charge >= 0.3 is 0 Å². The number of ether oxygens (including phenoxy) is 1. The van der Waals surface area contributed by atoms with Crippen LogP contribution >= 0.6 is 0 Å². The lowest BCUT2D eigenvalue weighted by atomic mass is 9.87. The van der Waals surface area contributed by atoms with Crippen LogP contribution in [0, 0.1) is 11.6 Å². The lowest BCUT2D eigenvalue weighted by Gasteiger charge is -2.29. The molecule has 1 saturated heterocycles. The summed E-state index contributed by atoms with van der Waals surface area (Å²) < 4.78 is 35.4. The fourth-order valence-electron chi connectivity index (χ4n) is 5.42. The van der Waals surface area contributed by atoms with Crippen molar-refractivity contribution < 1.29 is 18.3 Å². The zero-order chi connectivity index (χ0) is 26.5. The van der Waals surface area contributed by atoms with E-state index in [2.05, 4.69) is 32.7 Å². The van der Waals surface area contributed by atoms with Gasteiger partial charge in [0.25, 0.3) is 0 Å². The molecule has 1 fully saturated rings. The molecule has 0 bridgehead atoms. The lowest BCUT2D eigenvalue weighted by Crippen LogP contribution is -2.48. The number of aryl methyl sites for hydroxylation is 1. The number of carbonyl (C=O) groups is 1. The summed E-state index contributed by atoms with van der Waals surface area (Å²) in [6.45, 7) is 6.15. The van der Waals surface area contributed by atoms with Crippen LogP contribution in [0.1, 0.15) is 42.9 Å². The molecular formula is C29H35F2N5O2. The van der Waals surface area contributed by atoms with E-state index in [4.69, 9.17) is 4.74 Å². The molecule has 1 aliphatic carbocycles. The van der Waals surface area contributed by atoms with Gasteiger partial charge < -0.3 is 19.9 Å². The predicted octanol–water partition coefficient (Wildman–Crippen LogP) is 4.24. The molecule has 0 saturated carbocycles. The highest BCUT2D eigenvalue weighted by Crippen LogP contribution is 2.26. The topological polar surface area (TPSA) is 71.4 Å². The van der Waals surface area contributed by atoms with Crippen molar-refractivity contribution in [3.8, 4) is 5.69 Å². The van der Waals surface area contributed by atoms with E-state index in [0.29, 0.717) is 30.6 Å². The first kappa shape index (κ1) is 26.5. The second-order valence-electron chi connectivity index (χ2n) is 10.1. The van der Waals surface area contributed by atoms with Crippen LogP contribution in [0.4, 0.5) is 14.6 Å². The van der Waals surface area contributed by atoms with Crippen LogP contribution in [-0.2, 0) is 28.9 Å². The molecule has 0 unspecified atom stereocenters. The van der Waals surface area contributed by atoms with Gasteiger partial charge in [-0.2, -0.15) is 0 Å². The smallest absolute Gasteiger partial charge is 0.242 e. The molecular weight excluding hydrogens is 488 g/mol. The monoisotopic (exact) mass is 523 g/mol. The largest absolute Gasteiger partial charge is 0.379 e. The Balaban J connectivity index is 1.24. The number of benzene rings is 2. The molecule has 2 atom stereocenters. The molecule has 3 aromatic rings. The fraction of sp³-hybridized carbons (Fsp3) is 0.448. The minimum atomic E-state index is -0.543. The summed E-state index contributed by atoms with van der Waals surface area (Å²) >= 11 is 0. The number of carbonyl (C=O) groups excluding carboxylic acids is 1. The number of hydrogen-bond donors (Lipinski definition) is 2. The molecule has 38 heavy (non-hydrogen) atoms. The first-order valence-corrected chi connectivity index (χ1v) is 13.5. The first-order valence-electron chi connectivity index (χ1n) is 13.5. The number of para-hydroxylation sites is 1. The zero-order valence-corrected chi connectivity index (χ0v) is 21.8. The minimum absolute atomic E-state index is 0.0608. The standard InChI is InChI=1S/C29H35F2N5O2/c1-2-5-26(33-23-9-8-20-14-22(30)15-25(31)24(20)16-23)29(37)34-28-18-36(19-32-28)27-7-4-3-6-21(27)17-35-10-12-38-13-11-35/h3-4,6-7,14-15,18-19,23,26,33H,2,5,8-13,16-17H2,1H3,(H,34,37)/t23-,26-/m0/s1. The van der Waals surface area contributed by atoms with Crippen molar-refractivity contribution in [1.82, 2.24) is 19.8 Å². The number of imidazole rings is 1. The Bertz CT molecular complexity index is 1260. The number of morpholine rings is 1. The molecule has 9 heteroatoms. The van der Waals surface area contributed by atoms with E-state index in [-0.39, 0.29) is 11.9 Å². The fourth-order valence-corrected chi connectivity index (χ4v) is 5.42. The van der Waals surface area contributed by atoms with E-state index in [1.807, 2.05) is 29.8 Å². The van der Waals surface area contributed by atoms with Crippen LogP contribution in [0.15, 0.2) is 48.9 Å². The van der Waals surface area contributed by atoms with E-state index in [0.717, 1.165) is 63.0 Å². The maximum absolute atomic E-state index is 14.4. The second kappa shape index (κ2) is 12.1. The van der Waals surface area contributed by atoms with Crippen molar-refractivity contribution in [3.05, 3.63) is 77.2 Å². The summed E-state index contributed by atoms with van der Waals surface area (Å²) in [7, 11) is 0. The second-order valence-corrected chi connectivity index (χ2v) is 10.1. The van der Waals surface area contributed by atoms with E-state index in [1.54, 1.807) is 6.33 Å². The predicted molar refractivity (Wildman–Crippen MR) is 142 cm³/mol. The average Bonchev–Trinajstić information content (AvgIpc) is 3.38. The Kier molecular flexibility index (Phi) is 8.46. The van der Waals surface area contributed by atoms with Gasteiger partial charge in [-0.3, -0.25) is 9.69 Å². The van der Waals surface area contributed by atoms with Gasteiger partial charge in [0, 0.05) is 31.7 Å². The maximum atomic E-state index is 14.4. The highest BCUT2D eigenvalue weighted by molar-refractivity contribution is 5.94. The number of amides is 1. The Labute approximate surface area is 222 Å². The molecule has 0 spiro atoms. The molecule has 7 nitrogen and oxygen atoms in total. The first-order chi connectivity index (χ1) is 18.5.